The molecule has 0 radical (unpaired) electrons. The third-order valence-corrected chi connectivity index (χ3v) is 4.36. The van der Waals surface area contributed by atoms with Gasteiger partial charge in [0.2, 0.25) is 0 Å². The summed E-state index contributed by atoms with van der Waals surface area (Å²) >= 11 is 0. The Kier molecular flexibility index (Phi) is 9.74. The van der Waals surface area contributed by atoms with Crippen LogP contribution in [-0.2, 0) is 14.3 Å². The first-order valence-electron chi connectivity index (χ1n) is 9.66. The smallest absolute Gasteiger partial charge is 0.309 e. The van der Waals surface area contributed by atoms with E-state index in [0.717, 1.165) is 26.3 Å². The van der Waals surface area contributed by atoms with Crippen molar-refractivity contribution in [1.29, 1.82) is 0 Å². The number of rotatable bonds is 10. The van der Waals surface area contributed by atoms with Crippen molar-refractivity contribution < 1.29 is 19.4 Å². The maximum absolute atomic E-state index is 12.5. The van der Waals surface area contributed by atoms with E-state index in [4.69, 9.17) is 9.47 Å². The van der Waals surface area contributed by atoms with E-state index < -0.39 is 6.10 Å². The SMILES string of the molecule is CCBCC(C)(C)OCC(O)COC(=O)C(CC(C)(C)C)C(C)(C)C. The van der Waals surface area contributed by atoms with Crippen LogP contribution in [0.3, 0.4) is 0 Å². The topological polar surface area (TPSA) is 55.8 Å². The average molecular weight is 356 g/mol. The summed E-state index contributed by atoms with van der Waals surface area (Å²) in [7, 11) is 1.10. The standard InChI is InChI=1S/C20H41BO4/c1-10-21-14-20(8,9)25-13-15(22)12-24-17(23)16(19(5,6)7)11-18(2,3)4/h15-16,21-22H,10-14H2,1-9H3. The zero-order chi connectivity index (χ0) is 19.9. The van der Waals surface area contributed by atoms with Gasteiger partial charge >= 0.3 is 5.97 Å². The zero-order valence-electron chi connectivity index (χ0n) is 18.1. The van der Waals surface area contributed by atoms with E-state index in [1.54, 1.807) is 0 Å². The summed E-state index contributed by atoms with van der Waals surface area (Å²) in [5, 5.41) is 10.1. The van der Waals surface area contributed by atoms with Crippen LogP contribution in [0.15, 0.2) is 0 Å². The minimum atomic E-state index is -0.792. The Balaban J connectivity index is 4.49. The minimum absolute atomic E-state index is 0.0145. The summed E-state index contributed by atoms with van der Waals surface area (Å²) in [5.74, 6) is -0.423. The highest BCUT2D eigenvalue weighted by Crippen LogP contribution is 2.36. The summed E-state index contributed by atoms with van der Waals surface area (Å²) in [6.45, 7) is 18.9. The lowest BCUT2D eigenvalue weighted by Gasteiger charge is -2.34. The molecule has 2 unspecified atom stereocenters. The van der Waals surface area contributed by atoms with Crippen LogP contribution in [0.2, 0.25) is 12.6 Å². The highest BCUT2D eigenvalue weighted by atomic mass is 16.6. The van der Waals surface area contributed by atoms with Gasteiger partial charge in [-0.3, -0.25) is 4.79 Å². The number of carbonyl (C=O) groups is 1. The number of esters is 1. The lowest BCUT2D eigenvalue weighted by Crippen LogP contribution is -2.36. The van der Waals surface area contributed by atoms with Crippen LogP contribution in [0.4, 0.5) is 0 Å². The molecule has 0 heterocycles. The lowest BCUT2D eigenvalue weighted by atomic mass is 9.66. The Morgan fingerprint density at radius 3 is 2.04 bits per heavy atom. The predicted octanol–water partition coefficient (Wildman–Crippen LogP) is 4.08. The molecular formula is C20H41BO4. The van der Waals surface area contributed by atoms with Crippen molar-refractivity contribution in [2.75, 3.05) is 13.2 Å². The lowest BCUT2D eigenvalue weighted by molar-refractivity contribution is -0.159. The molecule has 0 rings (SSSR count). The van der Waals surface area contributed by atoms with E-state index in [2.05, 4.69) is 48.5 Å². The Morgan fingerprint density at radius 1 is 1.04 bits per heavy atom. The highest BCUT2D eigenvalue weighted by molar-refractivity contribution is 6.35. The Bertz CT molecular complexity index is 393. The number of hydrogen-bond acceptors (Lipinski definition) is 4. The van der Waals surface area contributed by atoms with Gasteiger partial charge in [0, 0.05) is 0 Å². The molecule has 25 heavy (non-hydrogen) atoms. The molecular weight excluding hydrogens is 315 g/mol. The van der Waals surface area contributed by atoms with Crippen LogP contribution in [0.5, 0.6) is 0 Å². The van der Waals surface area contributed by atoms with E-state index in [0.29, 0.717) is 0 Å². The second-order valence-corrected chi connectivity index (χ2v) is 10.1. The van der Waals surface area contributed by atoms with Gasteiger partial charge in [0.1, 0.15) is 20.0 Å². The van der Waals surface area contributed by atoms with Crippen LogP contribution in [0.25, 0.3) is 0 Å². The largest absolute Gasteiger partial charge is 0.463 e. The number of hydrogen-bond donors (Lipinski definition) is 1. The van der Waals surface area contributed by atoms with E-state index in [-0.39, 0.29) is 41.5 Å². The minimum Gasteiger partial charge on any atom is -0.463 e. The molecule has 5 heteroatoms. The fraction of sp³-hybridized carbons (Fsp3) is 0.950. The third kappa shape index (κ3) is 11.6. The van der Waals surface area contributed by atoms with Crippen molar-refractivity contribution in [2.24, 2.45) is 16.7 Å². The van der Waals surface area contributed by atoms with Gasteiger partial charge in [0.05, 0.1) is 18.1 Å². The molecule has 0 aliphatic rings. The normalized spacial score (nSPS) is 15.6. The van der Waals surface area contributed by atoms with E-state index in [9.17, 15) is 9.90 Å². The van der Waals surface area contributed by atoms with E-state index in [1.165, 1.54) is 0 Å². The van der Waals surface area contributed by atoms with E-state index >= 15 is 0 Å². The van der Waals surface area contributed by atoms with Crippen LogP contribution in [-0.4, -0.2) is 43.3 Å². The molecule has 1 N–H and O–H groups in total. The zero-order valence-corrected chi connectivity index (χ0v) is 18.1. The monoisotopic (exact) mass is 356 g/mol. The molecule has 148 valence electrons. The van der Waals surface area contributed by atoms with Crippen LogP contribution in [0, 0.1) is 16.7 Å². The summed E-state index contributed by atoms with van der Waals surface area (Å²) in [6, 6.07) is 0. The van der Waals surface area contributed by atoms with Crippen molar-refractivity contribution in [1.82, 2.24) is 0 Å². The van der Waals surface area contributed by atoms with Gasteiger partial charge in [-0.15, -0.1) is 0 Å². The summed E-state index contributed by atoms with van der Waals surface area (Å²) < 4.78 is 11.2. The molecule has 2 atom stereocenters. The molecule has 0 aromatic rings. The quantitative estimate of drug-likeness (QED) is 0.473. The maximum Gasteiger partial charge on any atom is 0.309 e. The second-order valence-electron chi connectivity index (χ2n) is 10.1. The van der Waals surface area contributed by atoms with Gasteiger partial charge < -0.3 is 14.6 Å². The predicted molar refractivity (Wildman–Crippen MR) is 106 cm³/mol. The molecule has 4 nitrogen and oxygen atoms in total. The molecule has 0 aromatic carbocycles. The molecule has 0 saturated heterocycles. The summed E-state index contributed by atoms with van der Waals surface area (Å²) in [4.78, 5) is 12.5. The van der Waals surface area contributed by atoms with Crippen LogP contribution < -0.4 is 0 Å². The van der Waals surface area contributed by atoms with Gasteiger partial charge in [-0.2, -0.15) is 0 Å². The van der Waals surface area contributed by atoms with Gasteiger partial charge in [0.15, 0.2) is 0 Å². The van der Waals surface area contributed by atoms with Crippen LogP contribution >= 0.6 is 0 Å². The molecule has 0 amide bonds. The second kappa shape index (κ2) is 9.96. The number of aliphatic hydroxyl groups excluding tert-OH is 1. The number of carbonyl (C=O) groups excluding carboxylic acids is 1. The first kappa shape index (κ1) is 24.5. The Morgan fingerprint density at radius 2 is 1.60 bits per heavy atom. The molecule has 0 fully saturated rings. The number of aliphatic hydroxyl groups is 1. The van der Waals surface area contributed by atoms with Crippen molar-refractivity contribution in [3.8, 4) is 0 Å². The van der Waals surface area contributed by atoms with Crippen molar-refractivity contribution >= 4 is 13.2 Å². The first-order chi connectivity index (χ1) is 11.2. The number of ether oxygens (including phenoxy) is 2. The van der Waals surface area contributed by atoms with Crippen LogP contribution in [0.1, 0.15) is 68.7 Å². The van der Waals surface area contributed by atoms with Gasteiger partial charge in [-0.05, 0) is 37.4 Å². The molecule has 0 spiro atoms. The Labute approximate surface area is 156 Å². The fourth-order valence-electron chi connectivity index (χ4n) is 2.68. The molecule has 0 bridgehead atoms. The Hall–Kier alpha value is -0.545. The van der Waals surface area contributed by atoms with Crippen molar-refractivity contribution in [3.05, 3.63) is 0 Å². The molecule has 0 aliphatic heterocycles. The van der Waals surface area contributed by atoms with E-state index in [1.807, 2.05) is 13.8 Å². The summed E-state index contributed by atoms with van der Waals surface area (Å²) in [6.07, 6.45) is 2.04. The average Bonchev–Trinajstić information content (AvgIpc) is 2.44. The first-order valence-corrected chi connectivity index (χ1v) is 9.66. The maximum atomic E-state index is 12.5. The van der Waals surface area contributed by atoms with Gasteiger partial charge in [-0.25, -0.2) is 0 Å². The van der Waals surface area contributed by atoms with Crippen molar-refractivity contribution in [2.45, 2.75) is 93.1 Å². The van der Waals surface area contributed by atoms with Crippen molar-refractivity contribution in [3.63, 3.8) is 0 Å². The summed E-state index contributed by atoms with van der Waals surface area (Å²) in [5.41, 5.74) is -0.392. The highest BCUT2D eigenvalue weighted by Gasteiger charge is 2.36. The molecule has 0 aromatic heterocycles. The molecule has 0 saturated carbocycles. The van der Waals surface area contributed by atoms with Gasteiger partial charge in [-0.1, -0.05) is 54.8 Å². The fourth-order valence-corrected chi connectivity index (χ4v) is 2.68. The molecule has 0 aliphatic carbocycles. The third-order valence-electron chi connectivity index (χ3n) is 4.36. The van der Waals surface area contributed by atoms with Gasteiger partial charge in [0.25, 0.3) is 0 Å².